The summed E-state index contributed by atoms with van der Waals surface area (Å²) in [6.45, 7) is 0.209. The molecule has 0 aromatic heterocycles. The van der Waals surface area contributed by atoms with Gasteiger partial charge in [0.15, 0.2) is 6.10 Å². The highest BCUT2D eigenvalue weighted by Crippen LogP contribution is 2.23. The highest BCUT2D eigenvalue weighted by atomic mass is 35.5. The number of carbonyl (C=O) groups excluding carboxylic acids is 2. The van der Waals surface area contributed by atoms with Crippen molar-refractivity contribution in [3.63, 3.8) is 0 Å². The number of benzene rings is 2. The molecular formula is C24H27ClN2O7. The van der Waals surface area contributed by atoms with Gasteiger partial charge in [0.1, 0.15) is 0 Å². The Labute approximate surface area is 201 Å². The highest BCUT2D eigenvalue weighted by molar-refractivity contribution is 6.35. The molecular weight excluding hydrogens is 464 g/mol. The SMILES string of the molecule is O=C(NC(Cc1ccc(-c2cccc(Cl)c2)cc1)CC(O)C(=O)O)C(=O)N1CCO[C@@H](CO)C1. The first kappa shape index (κ1) is 25.6. The summed E-state index contributed by atoms with van der Waals surface area (Å²) in [7, 11) is 0. The van der Waals surface area contributed by atoms with Gasteiger partial charge in [0.2, 0.25) is 0 Å². The lowest BCUT2D eigenvalue weighted by Crippen LogP contribution is -2.53. The van der Waals surface area contributed by atoms with E-state index in [1.807, 2.05) is 42.5 Å². The standard InChI is InChI=1S/C24H27ClN2O7/c25-18-3-1-2-17(11-18)16-6-4-15(5-7-16)10-19(12-21(29)24(32)33)26-22(30)23(31)27-8-9-34-20(13-27)14-28/h1-7,11,19-21,28-29H,8-10,12-14H2,(H,26,30)(H,32,33)/t19?,20-,21?/m1/s1. The molecule has 4 N–H and O–H groups in total. The number of nitrogens with zero attached hydrogens (tertiary/aromatic N) is 1. The van der Waals surface area contributed by atoms with Crippen LogP contribution >= 0.6 is 11.6 Å². The smallest absolute Gasteiger partial charge is 0.332 e. The van der Waals surface area contributed by atoms with Gasteiger partial charge in [0.05, 0.1) is 19.3 Å². The molecule has 10 heteroatoms. The van der Waals surface area contributed by atoms with E-state index in [1.165, 1.54) is 4.90 Å². The number of aliphatic carboxylic acids is 1. The van der Waals surface area contributed by atoms with Crippen molar-refractivity contribution in [2.75, 3.05) is 26.3 Å². The van der Waals surface area contributed by atoms with Crippen LogP contribution in [0.5, 0.6) is 0 Å². The van der Waals surface area contributed by atoms with Crippen molar-refractivity contribution in [3.05, 3.63) is 59.1 Å². The summed E-state index contributed by atoms with van der Waals surface area (Å²) < 4.78 is 5.29. The number of halogens is 1. The van der Waals surface area contributed by atoms with Gasteiger partial charge in [-0.3, -0.25) is 9.59 Å². The van der Waals surface area contributed by atoms with Gasteiger partial charge in [-0.25, -0.2) is 4.79 Å². The summed E-state index contributed by atoms with van der Waals surface area (Å²) in [4.78, 5) is 37.6. The Balaban J connectivity index is 1.69. The first-order valence-electron chi connectivity index (χ1n) is 10.8. The molecule has 2 amide bonds. The number of nitrogens with one attached hydrogen (secondary N) is 1. The van der Waals surface area contributed by atoms with E-state index in [0.717, 1.165) is 16.7 Å². The summed E-state index contributed by atoms with van der Waals surface area (Å²) >= 11 is 6.05. The average molecular weight is 491 g/mol. The van der Waals surface area contributed by atoms with Crippen LogP contribution in [0.25, 0.3) is 11.1 Å². The van der Waals surface area contributed by atoms with Crippen LogP contribution < -0.4 is 5.32 Å². The van der Waals surface area contributed by atoms with Gasteiger partial charge in [-0.1, -0.05) is 48.0 Å². The van der Waals surface area contributed by atoms with Gasteiger partial charge in [0, 0.05) is 30.6 Å². The Bertz CT molecular complexity index is 1010. The molecule has 0 saturated carbocycles. The Morgan fingerprint density at radius 2 is 1.88 bits per heavy atom. The maximum atomic E-state index is 12.6. The third-order valence-electron chi connectivity index (χ3n) is 5.55. The number of carboxylic acids is 1. The van der Waals surface area contributed by atoms with Crippen LogP contribution in [0.1, 0.15) is 12.0 Å². The number of carboxylic acid groups (broad SMARTS) is 1. The zero-order valence-corrected chi connectivity index (χ0v) is 19.1. The van der Waals surface area contributed by atoms with Crippen molar-refractivity contribution in [1.29, 1.82) is 0 Å². The van der Waals surface area contributed by atoms with Crippen LogP contribution in [0.15, 0.2) is 48.5 Å². The van der Waals surface area contributed by atoms with Gasteiger partial charge in [-0.2, -0.15) is 0 Å². The average Bonchev–Trinajstić information content (AvgIpc) is 2.83. The predicted octanol–water partition coefficient (Wildman–Crippen LogP) is 1.09. The number of morpholine rings is 1. The zero-order chi connectivity index (χ0) is 24.7. The molecule has 3 atom stereocenters. The van der Waals surface area contributed by atoms with E-state index >= 15 is 0 Å². The summed E-state index contributed by atoms with van der Waals surface area (Å²) in [6.07, 6.45) is -2.32. The number of aliphatic hydroxyl groups excluding tert-OH is 2. The molecule has 3 rings (SSSR count). The number of aliphatic hydroxyl groups is 2. The minimum absolute atomic E-state index is 0.0795. The second-order valence-corrected chi connectivity index (χ2v) is 8.53. The molecule has 1 aliphatic rings. The quantitative estimate of drug-likeness (QED) is 0.406. The number of rotatable bonds is 8. The molecule has 2 unspecified atom stereocenters. The van der Waals surface area contributed by atoms with E-state index in [2.05, 4.69) is 5.32 Å². The van der Waals surface area contributed by atoms with Gasteiger partial charge in [-0.05, 0) is 35.2 Å². The lowest BCUT2D eigenvalue weighted by atomic mass is 9.97. The van der Waals surface area contributed by atoms with Crippen LogP contribution in [0.3, 0.4) is 0 Å². The molecule has 0 bridgehead atoms. The fourth-order valence-electron chi connectivity index (χ4n) is 3.75. The topological polar surface area (TPSA) is 136 Å². The number of carbonyl (C=O) groups is 3. The summed E-state index contributed by atoms with van der Waals surface area (Å²) in [5, 5.41) is 31.4. The van der Waals surface area contributed by atoms with Crippen LogP contribution in [-0.4, -0.2) is 82.6 Å². The van der Waals surface area contributed by atoms with E-state index in [1.54, 1.807) is 6.07 Å². The molecule has 0 aliphatic carbocycles. The van der Waals surface area contributed by atoms with Gasteiger partial charge >= 0.3 is 17.8 Å². The van der Waals surface area contributed by atoms with Gasteiger partial charge < -0.3 is 30.3 Å². The third-order valence-corrected chi connectivity index (χ3v) is 5.78. The maximum absolute atomic E-state index is 12.6. The van der Waals surface area contributed by atoms with Gasteiger partial charge in [-0.15, -0.1) is 0 Å². The Kier molecular flexibility index (Phi) is 9.00. The predicted molar refractivity (Wildman–Crippen MR) is 124 cm³/mol. The highest BCUT2D eigenvalue weighted by Gasteiger charge is 2.30. The Hall–Kier alpha value is -2.98. The number of amides is 2. The minimum atomic E-state index is -1.70. The Morgan fingerprint density at radius 1 is 1.15 bits per heavy atom. The summed E-state index contributed by atoms with van der Waals surface area (Å²) in [6, 6.07) is 14.0. The molecule has 182 valence electrons. The van der Waals surface area contributed by atoms with E-state index < -0.39 is 36.0 Å². The summed E-state index contributed by atoms with van der Waals surface area (Å²) in [5.41, 5.74) is 2.65. The monoisotopic (exact) mass is 490 g/mol. The van der Waals surface area contributed by atoms with Gasteiger partial charge in [0.25, 0.3) is 0 Å². The largest absolute Gasteiger partial charge is 0.479 e. The molecule has 34 heavy (non-hydrogen) atoms. The molecule has 9 nitrogen and oxygen atoms in total. The normalized spacial score (nSPS) is 17.6. The van der Waals surface area contributed by atoms with E-state index in [0.29, 0.717) is 5.02 Å². The van der Waals surface area contributed by atoms with Crippen LogP contribution in [0.4, 0.5) is 0 Å². The molecule has 1 fully saturated rings. The van der Waals surface area contributed by atoms with Crippen LogP contribution in [-0.2, 0) is 25.5 Å². The maximum Gasteiger partial charge on any atom is 0.332 e. The van der Waals surface area contributed by atoms with Crippen molar-refractivity contribution in [3.8, 4) is 11.1 Å². The fourth-order valence-corrected chi connectivity index (χ4v) is 3.94. The lowest BCUT2D eigenvalue weighted by Gasteiger charge is -2.32. The molecule has 2 aromatic rings. The fraction of sp³-hybridized carbons (Fsp3) is 0.375. The van der Waals surface area contributed by atoms with Crippen molar-refractivity contribution >= 4 is 29.4 Å². The molecule has 2 aromatic carbocycles. The number of ether oxygens (including phenoxy) is 1. The second-order valence-electron chi connectivity index (χ2n) is 8.10. The minimum Gasteiger partial charge on any atom is -0.479 e. The van der Waals surface area contributed by atoms with Crippen molar-refractivity contribution < 1.29 is 34.4 Å². The third kappa shape index (κ3) is 7.01. The lowest BCUT2D eigenvalue weighted by molar-refractivity contribution is -0.152. The van der Waals surface area contributed by atoms with Crippen molar-refractivity contribution in [2.24, 2.45) is 0 Å². The molecule has 1 saturated heterocycles. The van der Waals surface area contributed by atoms with E-state index in [4.69, 9.17) is 21.4 Å². The molecule has 0 radical (unpaired) electrons. The van der Waals surface area contributed by atoms with E-state index in [-0.39, 0.29) is 39.1 Å². The molecule has 0 spiro atoms. The number of hydrogen-bond acceptors (Lipinski definition) is 6. The number of hydrogen-bond donors (Lipinski definition) is 4. The Morgan fingerprint density at radius 3 is 2.53 bits per heavy atom. The first-order valence-corrected chi connectivity index (χ1v) is 11.2. The van der Waals surface area contributed by atoms with Crippen molar-refractivity contribution in [2.45, 2.75) is 31.1 Å². The second kappa shape index (κ2) is 11.9. The van der Waals surface area contributed by atoms with Crippen LogP contribution in [0.2, 0.25) is 5.02 Å². The van der Waals surface area contributed by atoms with Crippen LogP contribution in [0, 0.1) is 0 Å². The molecule has 1 heterocycles. The first-order chi connectivity index (χ1) is 16.3. The van der Waals surface area contributed by atoms with E-state index in [9.17, 15) is 24.6 Å². The zero-order valence-electron chi connectivity index (χ0n) is 18.4. The molecule has 1 aliphatic heterocycles. The summed E-state index contributed by atoms with van der Waals surface area (Å²) in [5.74, 6) is -3.12. The van der Waals surface area contributed by atoms with Crippen molar-refractivity contribution in [1.82, 2.24) is 10.2 Å².